The molecule has 3 atom stereocenters. The van der Waals surface area contributed by atoms with Crippen LogP contribution in [-0.4, -0.2) is 25.2 Å². The summed E-state index contributed by atoms with van der Waals surface area (Å²) in [6.45, 7) is 14.8. The van der Waals surface area contributed by atoms with Gasteiger partial charge in [0.1, 0.15) is 0 Å². The van der Waals surface area contributed by atoms with E-state index < -0.39 is 0 Å². The average Bonchev–Trinajstić information content (AvgIpc) is 2.24. The van der Waals surface area contributed by atoms with Crippen LogP contribution in [-0.2, 0) is 0 Å². The first kappa shape index (κ1) is 15.9. The van der Waals surface area contributed by atoms with Crippen molar-refractivity contribution in [2.45, 2.75) is 66.0 Å². The molecule has 0 fully saturated rings. The topological polar surface area (TPSA) is 24.1 Å². The van der Waals surface area contributed by atoms with Crippen LogP contribution in [0.15, 0.2) is 0 Å². The van der Waals surface area contributed by atoms with Gasteiger partial charge < -0.3 is 10.6 Å². The molecular weight excluding hydrogens is 196 g/mol. The molecule has 1 unspecified atom stereocenters. The molecule has 0 aliphatic rings. The molecule has 2 heteroatoms. The first-order valence-electron chi connectivity index (χ1n) is 6.78. The summed E-state index contributed by atoms with van der Waals surface area (Å²) in [7, 11) is 2.09. The molecule has 0 aliphatic heterocycles. The Hall–Kier alpha value is -0.0800. The summed E-state index contributed by atoms with van der Waals surface area (Å²) < 4.78 is 0. The van der Waals surface area contributed by atoms with E-state index in [-0.39, 0.29) is 5.54 Å². The second kappa shape index (κ2) is 7.29. The number of hydrogen-bond donors (Lipinski definition) is 2. The van der Waals surface area contributed by atoms with Crippen LogP contribution in [0, 0.1) is 11.8 Å². The fraction of sp³-hybridized carbons (Fsp3) is 1.00. The second-order valence-corrected chi connectivity index (χ2v) is 5.85. The Morgan fingerprint density at radius 3 is 2.06 bits per heavy atom. The van der Waals surface area contributed by atoms with Crippen molar-refractivity contribution >= 4 is 0 Å². The molecule has 0 radical (unpaired) electrons. The first-order chi connectivity index (χ1) is 7.35. The normalized spacial score (nSPS) is 19.5. The zero-order valence-corrected chi connectivity index (χ0v) is 12.4. The fourth-order valence-electron chi connectivity index (χ4n) is 2.23. The van der Waals surface area contributed by atoms with Gasteiger partial charge >= 0.3 is 0 Å². The lowest BCUT2D eigenvalue weighted by Gasteiger charge is -2.37. The molecule has 0 heterocycles. The maximum absolute atomic E-state index is 3.52. The summed E-state index contributed by atoms with van der Waals surface area (Å²) in [6.07, 6.45) is 2.47. The minimum atomic E-state index is 0.271. The van der Waals surface area contributed by atoms with E-state index in [0.717, 1.165) is 12.5 Å². The molecule has 16 heavy (non-hydrogen) atoms. The lowest BCUT2D eigenvalue weighted by molar-refractivity contribution is 0.204. The molecular formula is C14H32N2. The van der Waals surface area contributed by atoms with Gasteiger partial charge in [0.15, 0.2) is 0 Å². The standard InChI is InChI=1S/C14H32N2/c1-8-13(5)14(6,15-7)9-12(4)10-16-11(2)3/h11-13,15-16H,8-10H2,1-7H3/t12?,13-,14+/m0/s1. The van der Waals surface area contributed by atoms with Gasteiger partial charge in [0.25, 0.3) is 0 Å². The Balaban J connectivity index is 4.19. The van der Waals surface area contributed by atoms with E-state index in [2.05, 4.69) is 59.2 Å². The molecule has 0 amide bonds. The van der Waals surface area contributed by atoms with Crippen molar-refractivity contribution in [3.8, 4) is 0 Å². The highest BCUT2D eigenvalue weighted by molar-refractivity contribution is 4.88. The Morgan fingerprint density at radius 2 is 1.69 bits per heavy atom. The Kier molecular flexibility index (Phi) is 7.25. The van der Waals surface area contributed by atoms with Crippen molar-refractivity contribution in [3.05, 3.63) is 0 Å². The van der Waals surface area contributed by atoms with E-state index in [0.29, 0.717) is 12.0 Å². The van der Waals surface area contributed by atoms with Crippen LogP contribution in [0.3, 0.4) is 0 Å². The first-order valence-corrected chi connectivity index (χ1v) is 6.78. The van der Waals surface area contributed by atoms with E-state index in [4.69, 9.17) is 0 Å². The maximum Gasteiger partial charge on any atom is 0.0178 e. The predicted molar refractivity (Wildman–Crippen MR) is 73.8 cm³/mol. The lowest BCUT2D eigenvalue weighted by atomic mass is 9.78. The highest BCUT2D eigenvalue weighted by Gasteiger charge is 2.29. The van der Waals surface area contributed by atoms with Crippen LogP contribution >= 0.6 is 0 Å². The van der Waals surface area contributed by atoms with Crippen molar-refractivity contribution in [1.29, 1.82) is 0 Å². The number of hydrogen-bond acceptors (Lipinski definition) is 2. The largest absolute Gasteiger partial charge is 0.314 e. The van der Waals surface area contributed by atoms with E-state index in [1.54, 1.807) is 0 Å². The zero-order chi connectivity index (χ0) is 12.8. The summed E-state index contributed by atoms with van der Waals surface area (Å²) in [5.41, 5.74) is 0.271. The molecule has 0 spiro atoms. The lowest BCUT2D eigenvalue weighted by Crippen LogP contribution is -2.48. The van der Waals surface area contributed by atoms with E-state index in [9.17, 15) is 0 Å². The molecule has 0 saturated carbocycles. The van der Waals surface area contributed by atoms with Crippen LogP contribution in [0.2, 0.25) is 0 Å². The van der Waals surface area contributed by atoms with Gasteiger partial charge in [-0.2, -0.15) is 0 Å². The van der Waals surface area contributed by atoms with Gasteiger partial charge in [0, 0.05) is 11.6 Å². The Labute approximate surface area is 103 Å². The molecule has 0 aromatic heterocycles. The van der Waals surface area contributed by atoms with Gasteiger partial charge in [-0.25, -0.2) is 0 Å². The van der Waals surface area contributed by atoms with E-state index in [1.807, 2.05) is 0 Å². The van der Waals surface area contributed by atoms with Gasteiger partial charge in [0.2, 0.25) is 0 Å². The third-order valence-corrected chi connectivity index (χ3v) is 3.92. The Morgan fingerprint density at radius 1 is 1.12 bits per heavy atom. The highest BCUT2D eigenvalue weighted by atomic mass is 14.9. The van der Waals surface area contributed by atoms with Gasteiger partial charge in [-0.05, 0) is 38.8 Å². The predicted octanol–water partition coefficient (Wildman–Crippen LogP) is 3.03. The molecule has 98 valence electrons. The van der Waals surface area contributed by atoms with Crippen molar-refractivity contribution < 1.29 is 0 Å². The van der Waals surface area contributed by atoms with Gasteiger partial charge in [-0.15, -0.1) is 0 Å². The van der Waals surface area contributed by atoms with Gasteiger partial charge in [-0.1, -0.05) is 41.0 Å². The highest BCUT2D eigenvalue weighted by Crippen LogP contribution is 2.26. The molecule has 0 aliphatic carbocycles. The molecule has 0 aromatic rings. The minimum Gasteiger partial charge on any atom is -0.314 e. The van der Waals surface area contributed by atoms with Crippen LogP contribution in [0.4, 0.5) is 0 Å². The molecule has 0 rings (SSSR count). The van der Waals surface area contributed by atoms with Crippen LogP contribution in [0.5, 0.6) is 0 Å². The summed E-state index contributed by atoms with van der Waals surface area (Å²) in [5, 5.41) is 7.04. The van der Waals surface area contributed by atoms with Crippen LogP contribution in [0.1, 0.15) is 54.4 Å². The Bertz CT molecular complexity index is 180. The van der Waals surface area contributed by atoms with Crippen molar-refractivity contribution in [1.82, 2.24) is 10.6 Å². The average molecular weight is 228 g/mol. The van der Waals surface area contributed by atoms with Crippen molar-refractivity contribution in [2.24, 2.45) is 11.8 Å². The van der Waals surface area contributed by atoms with Gasteiger partial charge in [0.05, 0.1) is 0 Å². The molecule has 0 aromatic carbocycles. The van der Waals surface area contributed by atoms with E-state index in [1.165, 1.54) is 12.8 Å². The quantitative estimate of drug-likeness (QED) is 0.667. The molecule has 0 saturated heterocycles. The minimum absolute atomic E-state index is 0.271. The third kappa shape index (κ3) is 5.31. The summed E-state index contributed by atoms with van der Waals surface area (Å²) >= 11 is 0. The molecule has 2 N–H and O–H groups in total. The summed E-state index contributed by atoms with van der Waals surface area (Å²) in [4.78, 5) is 0. The maximum atomic E-state index is 3.52. The van der Waals surface area contributed by atoms with Crippen molar-refractivity contribution in [2.75, 3.05) is 13.6 Å². The number of nitrogens with one attached hydrogen (secondary N) is 2. The van der Waals surface area contributed by atoms with Crippen LogP contribution < -0.4 is 10.6 Å². The second-order valence-electron chi connectivity index (χ2n) is 5.85. The van der Waals surface area contributed by atoms with E-state index >= 15 is 0 Å². The third-order valence-electron chi connectivity index (χ3n) is 3.92. The van der Waals surface area contributed by atoms with Gasteiger partial charge in [-0.3, -0.25) is 0 Å². The molecule has 2 nitrogen and oxygen atoms in total. The number of rotatable bonds is 8. The summed E-state index contributed by atoms with van der Waals surface area (Å²) in [6, 6.07) is 0.590. The van der Waals surface area contributed by atoms with Crippen LogP contribution in [0.25, 0.3) is 0 Å². The monoisotopic (exact) mass is 228 g/mol. The smallest absolute Gasteiger partial charge is 0.0178 e. The zero-order valence-electron chi connectivity index (χ0n) is 12.4. The SMILES string of the molecule is CC[C@H](C)[C@@](C)(CC(C)CNC(C)C)NC. The fourth-order valence-corrected chi connectivity index (χ4v) is 2.23. The summed E-state index contributed by atoms with van der Waals surface area (Å²) in [5.74, 6) is 1.44. The van der Waals surface area contributed by atoms with Crippen molar-refractivity contribution in [3.63, 3.8) is 0 Å². The molecule has 0 bridgehead atoms.